The molecule has 102 valence electrons. The molecule has 0 fully saturated rings. The zero-order valence-corrected chi connectivity index (χ0v) is 11.4. The Hall–Kier alpha value is -2.04. The fraction of sp³-hybridized carbons (Fsp3) is 0.400. The van der Waals surface area contributed by atoms with Crippen LogP contribution in [0.2, 0.25) is 0 Å². The van der Waals surface area contributed by atoms with E-state index in [1.807, 2.05) is 0 Å². The lowest BCUT2D eigenvalue weighted by Gasteiger charge is -2.28. The summed E-state index contributed by atoms with van der Waals surface area (Å²) in [4.78, 5) is 4.63. The number of aromatic nitrogens is 3. The first kappa shape index (κ1) is 11.8. The van der Waals surface area contributed by atoms with Crippen molar-refractivity contribution in [1.82, 2.24) is 15.2 Å². The van der Waals surface area contributed by atoms with E-state index in [0.717, 1.165) is 41.1 Å². The van der Waals surface area contributed by atoms with Gasteiger partial charge in [0.25, 0.3) is 0 Å². The Labute approximate surface area is 115 Å². The Bertz CT molecular complexity index is 752. The summed E-state index contributed by atoms with van der Waals surface area (Å²) in [5, 5.41) is 17.6. The van der Waals surface area contributed by atoms with Crippen LogP contribution in [0.5, 0.6) is 0 Å². The third-order valence-corrected chi connectivity index (χ3v) is 4.09. The van der Waals surface area contributed by atoms with Gasteiger partial charge in [-0.2, -0.15) is 9.49 Å². The van der Waals surface area contributed by atoms with Crippen LogP contribution in [0.3, 0.4) is 0 Å². The minimum absolute atomic E-state index is 0.0434. The van der Waals surface area contributed by atoms with Crippen molar-refractivity contribution in [3.63, 3.8) is 0 Å². The van der Waals surface area contributed by atoms with Gasteiger partial charge >= 0.3 is 0 Å². The highest BCUT2D eigenvalue weighted by molar-refractivity contribution is 5.84. The third kappa shape index (κ3) is 1.49. The van der Waals surface area contributed by atoms with Crippen molar-refractivity contribution in [2.24, 2.45) is 5.41 Å². The summed E-state index contributed by atoms with van der Waals surface area (Å²) in [5.41, 5.74) is 4.58. The topological polar surface area (TPSA) is 58.9 Å². The third-order valence-electron chi connectivity index (χ3n) is 4.09. The van der Waals surface area contributed by atoms with Crippen LogP contribution in [0.1, 0.15) is 36.5 Å². The summed E-state index contributed by atoms with van der Waals surface area (Å²) in [6.07, 6.45) is 3.40. The molecule has 0 bridgehead atoms. The quantitative estimate of drug-likeness (QED) is 0.800. The molecule has 1 N–H and O–H groups in total. The molecule has 0 spiro atoms. The lowest BCUT2D eigenvalue weighted by molar-refractivity contribution is 0.343. The molecule has 2 heterocycles. The second kappa shape index (κ2) is 3.53. The molecule has 4 nitrogen and oxygen atoms in total. The van der Waals surface area contributed by atoms with Gasteiger partial charge in [-0.05, 0) is 24.3 Å². The Morgan fingerprint density at radius 3 is 2.65 bits per heavy atom. The molecule has 0 unspecified atom stereocenters. The molecule has 0 aromatic carbocycles. The average molecular weight is 271 g/mol. The second-order valence-corrected chi connectivity index (χ2v) is 6.44. The number of hydrogen-bond donors (Lipinski definition) is 1. The van der Waals surface area contributed by atoms with Crippen molar-refractivity contribution in [1.29, 1.82) is 0 Å². The summed E-state index contributed by atoms with van der Waals surface area (Å²) in [6, 6.07) is 0. The maximum absolute atomic E-state index is 14.1. The molecule has 0 aromatic rings. The van der Waals surface area contributed by atoms with E-state index in [9.17, 15) is 9.50 Å². The molecule has 4 rings (SSSR count). The number of hydrogen-bond acceptors (Lipinski definition) is 4. The molecule has 20 heavy (non-hydrogen) atoms. The van der Waals surface area contributed by atoms with Crippen LogP contribution in [-0.4, -0.2) is 20.3 Å². The molecule has 0 saturated heterocycles. The van der Waals surface area contributed by atoms with Crippen LogP contribution in [0.25, 0.3) is 17.2 Å². The SMILES string of the molecule is CC1(C)Cc2nnc(F)c3c4c(nc(c2-4)C1)CC(O)=C3. The number of aliphatic hydroxyl groups excluding tert-OH is 1. The second-order valence-electron chi connectivity index (χ2n) is 6.44. The number of allylic oxidation sites excluding steroid dienone is 1. The number of halogens is 1. The Balaban J connectivity index is 2.09. The lowest BCUT2D eigenvalue weighted by Crippen LogP contribution is -2.23. The number of rotatable bonds is 0. The van der Waals surface area contributed by atoms with E-state index >= 15 is 0 Å². The highest BCUT2D eigenvalue weighted by Gasteiger charge is 2.36. The smallest absolute Gasteiger partial charge is 0.241 e. The molecule has 0 aromatic heterocycles. The van der Waals surface area contributed by atoms with Crippen LogP contribution < -0.4 is 0 Å². The van der Waals surface area contributed by atoms with E-state index in [1.165, 1.54) is 6.08 Å². The highest BCUT2D eigenvalue weighted by atomic mass is 19.1. The van der Waals surface area contributed by atoms with Crippen LogP contribution in [-0.2, 0) is 19.3 Å². The predicted octanol–water partition coefficient (Wildman–Crippen LogP) is 2.70. The van der Waals surface area contributed by atoms with Gasteiger partial charge < -0.3 is 5.11 Å². The number of aliphatic hydroxyl groups is 1. The van der Waals surface area contributed by atoms with Crippen LogP contribution in [0.4, 0.5) is 4.39 Å². The molecule has 0 radical (unpaired) electrons. The summed E-state index contributed by atoms with van der Waals surface area (Å²) in [5.74, 6) is -0.525. The van der Waals surface area contributed by atoms with Crippen LogP contribution in [0, 0.1) is 11.4 Å². The molecule has 0 amide bonds. The van der Waals surface area contributed by atoms with Crippen molar-refractivity contribution in [3.8, 4) is 11.1 Å². The first-order chi connectivity index (χ1) is 9.44. The molecule has 0 saturated carbocycles. The van der Waals surface area contributed by atoms with Gasteiger partial charge in [-0.1, -0.05) is 13.8 Å². The zero-order valence-electron chi connectivity index (χ0n) is 11.4. The van der Waals surface area contributed by atoms with Gasteiger partial charge in [-0.3, -0.25) is 4.98 Å². The fourth-order valence-electron chi connectivity index (χ4n) is 3.35. The van der Waals surface area contributed by atoms with E-state index in [1.54, 1.807) is 0 Å². The lowest BCUT2D eigenvalue weighted by atomic mass is 9.76. The van der Waals surface area contributed by atoms with Crippen LogP contribution >= 0.6 is 0 Å². The summed E-state index contributed by atoms with van der Waals surface area (Å²) < 4.78 is 14.1. The minimum atomic E-state index is -0.646. The monoisotopic (exact) mass is 271 g/mol. The summed E-state index contributed by atoms with van der Waals surface area (Å²) in [7, 11) is 0. The maximum Gasteiger partial charge on any atom is 0.241 e. The van der Waals surface area contributed by atoms with Crippen molar-refractivity contribution < 1.29 is 9.50 Å². The minimum Gasteiger partial charge on any atom is -0.512 e. The first-order valence-corrected chi connectivity index (χ1v) is 6.71. The number of nitrogens with zero attached hydrogens (tertiary/aromatic N) is 3. The zero-order chi connectivity index (χ0) is 14.1. The molecular weight excluding hydrogens is 257 g/mol. The Kier molecular flexibility index (Phi) is 2.08. The van der Waals surface area contributed by atoms with Gasteiger partial charge in [0.1, 0.15) is 0 Å². The average Bonchev–Trinajstić information content (AvgIpc) is 2.63. The van der Waals surface area contributed by atoms with Gasteiger partial charge in [0.05, 0.1) is 22.8 Å². The van der Waals surface area contributed by atoms with Gasteiger partial charge in [0.2, 0.25) is 5.95 Å². The van der Waals surface area contributed by atoms with E-state index in [4.69, 9.17) is 0 Å². The van der Waals surface area contributed by atoms with E-state index < -0.39 is 5.95 Å². The molecule has 2 aliphatic heterocycles. The predicted molar refractivity (Wildman–Crippen MR) is 71.9 cm³/mol. The van der Waals surface area contributed by atoms with Crippen molar-refractivity contribution >= 4 is 6.08 Å². The Morgan fingerprint density at radius 1 is 1.10 bits per heavy atom. The molecule has 5 heteroatoms. The summed E-state index contributed by atoms with van der Waals surface area (Å²) >= 11 is 0. The van der Waals surface area contributed by atoms with Gasteiger partial charge in [-0.25, -0.2) is 0 Å². The standard InChI is InChI=1S/C15H14FN3O/c1-15(2)5-10-13-11(6-15)18-19-14(16)8-3-7(20)4-9(17-10)12(8)13/h3,20H,4-6H2,1-2H3. The van der Waals surface area contributed by atoms with Crippen molar-refractivity contribution in [2.45, 2.75) is 33.1 Å². The van der Waals surface area contributed by atoms with Gasteiger partial charge in [0, 0.05) is 23.1 Å². The van der Waals surface area contributed by atoms with Gasteiger partial charge in [0.15, 0.2) is 0 Å². The maximum atomic E-state index is 14.1. The molecule has 2 aliphatic carbocycles. The summed E-state index contributed by atoms with van der Waals surface area (Å²) in [6.45, 7) is 4.30. The largest absolute Gasteiger partial charge is 0.512 e. The molecule has 0 atom stereocenters. The Morgan fingerprint density at radius 2 is 1.85 bits per heavy atom. The highest BCUT2D eigenvalue weighted by Crippen LogP contribution is 2.45. The molecular formula is C15H14FN3O. The molecule has 4 aliphatic rings. The first-order valence-electron chi connectivity index (χ1n) is 6.71. The van der Waals surface area contributed by atoms with Crippen molar-refractivity contribution in [3.05, 3.63) is 34.4 Å². The van der Waals surface area contributed by atoms with Gasteiger partial charge in [-0.15, -0.1) is 5.10 Å². The van der Waals surface area contributed by atoms with E-state index in [0.29, 0.717) is 12.0 Å². The van der Waals surface area contributed by atoms with E-state index in [-0.39, 0.29) is 11.2 Å². The van der Waals surface area contributed by atoms with E-state index in [2.05, 4.69) is 29.0 Å². The normalized spacial score (nSPS) is 19.1. The van der Waals surface area contributed by atoms with Crippen LogP contribution in [0.15, 0.2) is 5.76 Å². The van der Waals surface area contributed by atoms with Crippen molar-refractivity contribution in [2.75, 3.05) is 0 Å². The fourth-order valence-corrected chi connectivity index (χ4v) is 3.35.